The third kappa shape index (κ3) is 4.96. The van der Waals surface area contributed by atoms with Crippen molar-refractivity contribution in [2.24, 2.45) is 0 Å². The first kappa shape index (κ1) is 17.7. The maximum absolute atomic E-state index is 13.4. The molecule has 2 amide bonds. The van der Waals surface area contributed by atoms with E-state index in [0.29, 0.717) is 18.0 Å². The fraction of sp³-hybridized carbons (Fsp3) is 0.278. The average molecular weight is 331 g/mol. The summed E-state index contributed by atoms with van der Waals surface area (Å²) in [6.07, 6.45) is 0. The number of carbonyl (C=O) groups excluding carboxylic acids is 1. The number of likely N-dealkylation sites (N-methyl/N-ethyl adjacent to an activating group) is 1. The molecule has 6 heteroatoms. The lowest BCUT2D eigenvalue weighted by Gasteiger charge is -2.25. The second-order valence-electron chi connectivity index (χ2n) is 5.60. The fourth-order valence-corrected chi connectivity index (χ4v) is 2.38. The third-order valence-electron chi connectivity index (χ3n) is 3.64. The van der Waals surface area contributed by atoms with Gasteiger partial charge in [-0.2, -0.15) is 0 Å². The average Bonchev–Trinajstić information content (AvgIpc) is 2.55. The molecule has 0 heterocycles. The van der Waals surface area contributed by atoms with Crippen LogP contribution in [0.4, 0.5) is 14.9 Å². The third-order valence-corrected chi connectivity index (χ3v) is 3.64. The number of ether oxygens (including phenoxy) is 1. The lowest BCUT2D eigenvalue weighted by Crippen LogP contribution is -2.36. The van der Waals surface area contributed by atoms with E-state index in [0.717, 1.165) is 5.56 Å². The molecule has 128 valence electrons. The van der Waals surface area contributed by atoms with Crippen LogP contribution in [0.3, 0.4) is 0 Å². The van der Waals surface area contributed by atoms with E-state index >= 15 is 0 Å². The van der Waals surface area contributed by atoms with Crippen molar-refractivity contribution in [3.05, 3.63) is 59.9 Å². The van der Waals surface area contributed by atoms with Gasteiger partial charge in [0.25, 0.3) is 0 Å². The first-order chi connectivity index (χ1) is 11.5. The molecule has 2 aromatic rings. The van der Waals surface area contributed by atoms with Crippen LogP contribution in [0.25, 0.3) is 0 Å². The summed E-state index contributed by atoms with van der Waals surface area (Å²) in [6, 6.07) is 13.0. The van der Waals surface area contributed by atoms with Crippen molar-refractivity contribution in [1.82, 2.24) is 10.2 Å². The van der Waals surface area contributed by atoms with Crippen molar-refractivity contribution in [2.45, 2.75) is 6.04 Å². The van der Waals surface area contributed by atoms with E-state index < -0.39 is 0 Å². The van der Waals surface area contributed by atoms with E-state index in [4.69, 9.17) is 4.74 Å². The second kappa shape index (κ2) is 8.31. The van der Waals surface area contributed by atoms with Gasteiger partial charge in [-0.1, -0.05) is 18.2 Å². The summed E-state index contributed by atoms with van der Waals surface area (Å²) in [7, 11) is 5.34. The number of hydrogen-bond acceptors (Lipinski definition) is 3. The minimum Gasteiger partial charge on any atom is -0.497 e. The van der Waals surface area contributed by atoms with E-state index in [1.54, 1.807) is 37.4 Å². The van der Waals surface area contributed by atoms with Gasteiger partial charge in [-0.3, -0.25) is 0 Å². The molecular formula is C18H22FN3O2. The summed E-state index contributed by atoms with van der Waals surface area (Å²) in [5.74, 6) is 0.374. The predicted octanol–water partition coefficient (Wildman–Crippen LogP) is 3.26. The van der Waals surface area contributed by atoms with Crippen LogP contribution >= 0.6 is 0 Å². The Labute approximate surface area is 141 Å². The molecule has 0 aliphatic rings. The van der Waals surface area contributed by atoms with E-state index in [-0.39, 0.29) is 17.9 Å². The molecule has 0 aromatic heterocycles. The van der Waals surface area contributed by atoms with E-state index in [9.17, 15) is 9.18 Å². The van der Waals surface area contributed by atoms with Crippen LogP contribution in [0.5, 0.6) is 5.75 Å². The summed E-state index contributed by atoms with van der Waals surface area (Å²) in [4.78, 5) is 14.0. The van der Waals surface area contributed by atoms with Gasteiger partial charge >= 0.3 is 6.03 Å². The van der Waals surface area contributed by atoms with E-state index in [1.165, 1.54) is 12.1 Å². The molecule has 0 saturated carbocycles. The first-order valence-electron chi connectivity index (χ1n) is 7.60. The fourth-order valence-electron chi connectivity index (χ4n) is 2.38. The Balaban J connectivity index is 1.97. The molecule has 0 aliphatic carbocycles. The second-order valence-corrected chi connectivity index (χ2v) is 5.60. The van der Waals surface area contributed by atoms with E-state index in [2.05, 4.69) is 10.6 Å². The predicted molar refractivity (Wildman–Crippen MR) is 92.8 cm³/mol. The van der Waals surface area contributed by atoms with Crippen LogP contribution in [0.2, 0.25) is 0 Å². The Kier molecular flexibility index (Phi) is 6.14. The molecule has 0 bridgehead atoms. The Bertz CT molecular complexity index is 691. The van der Waals surface area contributed by atoms with Crippen molar-refractivity contribution < 1.29 is 13.9 Å². The zero-order valence-corrected chi connectivity index (χ0v) is 14.0. The number of carbonyl (C=O) groups is 1. The standard InChI is InChI=1S/C18H22FN3O2/c1-22(2)17(13-6-4-7-14(19)10-13)12-20-18(23)21-15-8-5-9-16(11-15)24-3/h4-11,17H,12H2,1-3H3,(H2,20,21,23). The number of hydrogen-bond donors (Lipinski definition) is 2. The summed E-state index contributed by atoms with van der Waals surface area (Å²) in [5.41, 5.74) is 1.45. The summed E-state index contributed by atoms with van der Waals surface area (Å²) in [5, 5.41) is 5.56. The van der Waals surface area contributed by atoms with Crippen molar-refractivity contribution in [2.75, 3.05) is 33.1 Å². The first-order valence-corrected chi connectivity index (χ1v) is 7.60. The topological polar surface area (TPSA) is 53.6 Å². The highest BCUT2D eigenvalue weighted by atomic mass is 19.1. The molecule has 0 fully saturated rings. The molecule has 2 rings (SSSR count). The summed E-state index contributed by atoms with van der Waals surface area (Å²) < 4.78 is 18.5. The summed E-state index contributed by atoms with van der Waals surface area (Å²) in [6.45, 7) is 0.353. The molecule has 0 aliphatic heterocycles. The monoisotopic (exact) mass is 331 g/mol. The molecule has 1 unspecified atom stereocenters. The van der Waals surface area contributed by atoms with Crippen molar-refractivity contribution in [3.63, 3.8) is 0 Å². The minimum absolute atomic E-state index is 0.128. The molecule has 1 atom stereocenters. The van der Waals surface area contributed by atoms with Crippen LogP contribution in [0, 0.1) is 5.82 Å². The smallest absolute Gasteiger partial charge is 0.319 e. The van der Waals surface area contributed by atoms with Gasteiger partial charge in [0.2, 0.25) is 0 Å². The van der Waals surface area contributed by atoms with Crippen LogP contribution in [-0.2, 0) is 0 Å². The normalized spacial score (nSPS) is 11.9. The molecule has 0 radical (unpaired) electrons. The van der Waals surface area contributed by atoms with Crippen molar-refractivity contribution in [3.8, 4) is 5.75 Å². The van der Waals surface area contributed by atoms with Gasteiger partial charge in [0.15, 0.2) is 0 Å². The number of rotatable bonds is 6. The van der Waals surface area contributed by atoms with Gasteiger partial charge < -0.3 is 20.3 Å². The number of amides is 2. The number of methoxy groups -OCH3 is 1. The lowest BCUT2D eigenvalue weighted by atomic mass is 10.1. The SMILES string of the molecule is COc1cccc(NC(=O)NCC(c2cccc(F)c2)N(C)C)c1. The Morgan fingerprint density at radius 3 is 2.62 bits per heavy atom. The highest BCUT2D eigenvalue weighted by Gasteiger charge is 2.16. The molecular weight excluding hydrogens is 309 g/mol. The Morgan fingerprint density at radius 2 is 1.96 bits per heavy atom. The van der Waals surface area contributed by atoms with Crippen molar-refractivity contribution >= 4 is 11.7 Å². The maximum atomic E-state index is 13.4. The number of nitrogens with zero attached hydrogens (tertiary/aromatic N) is 1. The van der Waals surface area contributed by atoms with Gasteiger partial charge in [0, 0.05) is 18.3 Å². The quantitative estimate of drug-likeness (QED) is 0.854. The largest absolute Gasteiger partial charge is 0.497 e. The van der Waals surface area contributed by atoms with Crippen LogP contribution in [0.15, 0.2) is 48.5 Å². The highest BCUT2D eigenvalue weighted by Crippen LogP contribution is 2.19. The molecule has 5 nitrogen and oxygen atoms in total. The van der Waals surface area contributed by atoms with Gasteiger partial charge in [0.05, 0.1) is 13.2 Å². The van der Waals surface area contributed by atoms with Gasteiger partial charge in [0.1, 0.15) is 11.6 Å². The molecule has 0 spiro atoms. The van der Waals surface area contributed by atoms with Gasteiger partial charge in [-0.25, -0.2) is 9.18 Å². The summed E-state index contributed by atoms with van der Waals surface area (Å²) >= 11 is 0. The van der Waals surface area contributed by atoms with E-state index in [1.807, 2.05) is 25.1 Å². The number of benzene rings is 2. The maximum Gasteiger partial charge on any atom is 0.319 e. The van der Waals surface area contributed by atoms with Crippen LogP contribution < -0.4 is 15.4 Å². The van der Waals surface area contributed by atoms with Gasteiger partial charge in [-0.15, -0.1) is 0 Å². The molecule has 2 aromatic carbocycles. The Morgan fingerprint density at radius 1 is 1.21 bits per heavy atom. The number of anilines is 1. The molecule has 24 heavy (non-hydrogen) atoms. The number of nitrogens with one attached hydrogen (secondary N) is 2. The van der Waals surface area contributed by atoms with Gasteiger partial charge in [-0.05, 0) is 43.9 Å². The van der Waals surface area contributed by atoms with Crippen LogP contribution in [0.1, 0.15) is 11.6 Å². The Hall–Kier alpha value is -2.60. The lowest BCUT2D eigenvalue weighted by molar-refractivity contribution is 0.243. The highest BCUT2D eigenvalue weighted by molar-refractivity contribution is 5.89. The van der Waals surface area contributed by atoms with Crippen LogP contribution in [-0.4, -0.2) is 38.7 Å². The van der Waals surface area contributed by atoms with Crippen molar-refractivity contribution in [1.29, 1.82) is 0 Å². The number of halogens is 1. The molecule has 0 saturated heterocycles. The minimum atomic E-state index is -0.327. The zero-order chi connectivity index (χ0) is 17.5. The molecule has 2 N–H and O–H groups in total. The zero-order valence-electron chi connectivity index (χ0n) is 14.0. The number of urea groups is 1.